The van der Waals surface area contributed by atoms with Crippen LogP contribution in [0.15, 0.2) is 52.2 Å². The number of H-pyrrole nitrogens is 1. The predicted molar refractivity (Wildman–Crippen MR) is 90.8 cm³/mol. The topological polar surface area (TPSA) is 97.9 Å². The average Bonchev–Trinajstić information content (AvgIpc) is 2.48. The van der Waals surface area contributed by atoms with Crippen LogP contribution in [0.1, 0.15) is 5.56 Å². The monoisotopic (exact) mass is 347 g/mol. The Kier molecular flexibility index (Phi) is 3.67. The van der Waals surface area contributed by atoms with E-state index in [1.54, 1.807) is 18.2 Å². The number of rotatable bonds is 2. The van der Waals surface area contributed by atoms with Gasteiger partial charge in [-0.3, -0.25) is 9.36 Å². The smallest absolute Gasteiger partial charge is 0.266 e. The molecule has 0 aliphatic carbocycles. The minimum Gasteiger partial charge on any atom is -0.331 e. The summed E-state index contributed by atoms with van der Waals surface area (Å²) in [5.41, 5.74) is 1.59. The molecule has 3 N–H and O–H groups in total. The molecule has 23 heavy (non-hydrogen) atoms. The number of primary sulfonamides is 1. The molecule has 2 aromatic carbocycles. The fraction of sp³-hybridized carbons (Fsp3) is 0.0667. The van der Waals surface area contributed by atoms with Gasteiger partial charge in [0, 0.05) is 0 Å². The summed E-state index contributed by atoms with van der Waals surface area (Å²) >= 11 is 5.27. The second-order valence-corrected chi connectivity index (χ2v) is 7.06. The van der Waals surface area contributed by atoms with Gasteiger partial charge in [-0.25, -0.2) is 13.6 Å². The Labute approximate surface area is 137 Å². The highest BCUT2D eigenvalue weighted by atomic mass is 32.2. The third-order valence-corrected chi connectivity index (χ3v) is 4.74. The molecule has 0 fully saturated rings. The molecule has 0 spiro atoms. The molecule has 0 atom stereocenters. The first-order valence-corrected chi connectivity index (χ1v) is 8.62. The van der Waals surface area contributed by atoms with E-state index in [1.807, 2.05) is 13.0 Å². The van der Waals surface area contributed by atoms with Gasteiger partial charge in [0.2, 0.25) is 10.0 Å². The summed E-state index contributed by atoms with van der Waals surface area (Å²) in [6.45, 7) is 1.87. The van der Waals surface area contributed by atoms with Crippen LogP contribution in [0.4, 0.5) is 0 Å². The molecule has 1 heterocycles. The normalized spacial score (nSPS) is 11.7. The molecule has 0 saturated heterocycles. The Bertz CT molecular complexity index is 1140. The maximum atomic E-state index is 12.8. The second-order valence-electron chi connectivity index (χ2n) is 5.11. The number of aryl methyl sites for hydroxylation is 1. The van der Waals surface area contributed by atoms with Crippen molar-refractivity contribution in [2.45, 2.75) is 11.8 Å². The highest BCUT2D eigenvalue weighted by Crippen LogP contribution is 2.16. The summed E-state index contributed by atoms with van der Waals surface area (Å²) in [4.78, 5) is 15.7. The molecule has 0 unspecified atom stereocenters. The summed E-state index contributed by atoms with van der Waals surface area (Å²) in [5.74, 6) is 0. The van der Waals surface area contributed by atoms with E-state index in [0.717, 1.165) is 5.56 Å². The summed E-state index contributed by atoms with van der Waals surface area (Å²) in [5, 5.41) is 5.61. The molecule has 0 aliphatic heterocycles. The van der Waals surface area contributed by atoms with E-state index >= 15 is 0 Å². The lowest BCUT2D eigenvalue weighted by Gasteiger charge is -2.10. The Balaban J connectivity index is 2.39. The van der Waals surface area contributed by atoms with Gasteiger partial charge in [0.15, 0.2) is 4.77 Å². The van der Waals surface area contributed by atoms with Crippen LogP contribution >= 0.6 is 12.2 Å². The fourth-order valence-electron chi connectivity index (χ4n) is 2.42. The third kappa shape index (κ3) is 2.72. The van der Waals surface area contributed by atoms with E-state index in [2.05, 4.69) is 4.98 Å². The SMILES string of the molecule is Cc1cccc2c(=O)n(-c3cccc(S(N)(=O)=O)c3)c(=S)[nH]c12. The molecule has 0 amide bonds. The van der Waals surface area contributed by atoms with Gasteiger partial charge in [-0.15, -0.1) is 0 Å². The molecule has 8 heteroatoms. The molecule has 0 bridgehead atoms. The number of sulfonamides is 1. The van der Waals surface area contributed by atoms with Crippen molar-refractivity contribution in [1.82, 2.24) is 9.55 Å². The van der Waals surface area contributed by atoms with E-state index in [9.17, 15) is 13.2 Å². The zero-order valence-electron chi connectivity index (χ0n) is 12.1. The minimum atomic E-state index is -3.87. The van der Waals surface area contributed by atoms with E-state index < -0.39 is 10.0 Å². The lowest BCUT2D eigenvalue weighted by Crippen LogP contribution is -2.21. The van der Waals surface area contributed by atoms with Gasteiger partial charge >= 0.3 is 0 Å². The van der Waals surface area contributed by atoms with Crippen molar-refractivity contribution in [3.05, 3.63) is 63.2 Å². The number of aromatic amines is 1. The van der Waals surface area contributed by atoms with Crippen molar-refractivity contribution in [3.63, 3.8) is 0 Å². The molecular formula is C15H13N3O3S2. The first kappa shape index (κ1) is 15.6. The summed E-state index contributed by atoms with van der Waals surface area (Å²) in [6, 6.07) is 11.1. The highest BCUT2D eigenvalue weighted by molar-refractivity contribution is 7.89. The zero-order chi connectivity index (χ0) is 16.8. The van der Waals surface area contributed by atoms with Crippen LogP contribution in [0, 0.1) is 11.7 Å². The van der Waals surface area contributed by atoms with Gasteiger partial charge < -0.3 is 4.98 Å². The van der Waals surface area contributed by atoms with E-state index in [0.29, 0.717) is 16.6 Å². The average molecular weight is 347 g/mol. The van der Waals surface area contributed by atoms with Crippen molar-refractivity contribution in [2.24, 2.45) is 5.14 Å². The Morgan fingerprint density at radius 1 is 1.17 bits per heavy atom. The number of fused-ring (bicyclic) bond motifs is 1. The predicted octanol–water partition coefficient (Wildman–Crippen LogP) is 2.00. The number of hydrogen-bond acceptors (Lipinski definition) is 4. The Morgan fingerprint density at radius 2 is 1.87 bits per heavy atom. The molecule has 0 saturated carbocycles. The second kappa shape index (κ2) is 5.41. The zero-order valence-corrected chi connectivity index (χ0v) is 13.7. The van der Waals surface area contributed by atoms with Crippen molar-refractivity contribution in [1.29, 1.82) is 0 Å². The third-order valence-electron chi connectivity index (χ3n) is 3.55. The minimum absolute atomic E-state index is 0.0827. The van der Waals surface area contributed by atoms with Crippen LogP contribution in [0.25, 0.3) is 16.6 Å². The van der Waals surface area contributed by atoms with Crippen molar-refractivity contribution >= 4 is 33.1 Å². The number of hydrogen-bond donors (Lipinski definition) is 2. The van der Waals surface area contributed by atoms with Crippen LogP contribution in [-0.2, 0) is 10.0 Å². The summed E-state index contributed by atoms with van der Waals surface area (Å²) in [6.07, 6.45) is 0. The molecule has 6 nitrogen and oxygen atoms in total. The van der Waals surface area contributed by atoms with E-state index in [1.165, 1.54) is 22.8 Å². The van der Waals surface area contributed by atoms with Gasteiger partial charge in [0.1, 0.15) is 0 Å². The van der Waals surface area contributed by atoms with Gasteiger partial charge in [0.05, 0.1) is 21.5 Å². The fourth-order valence-corrected chi connectivity index (χ4v) is 3.27. The Hall–Kier alpha value is -2.29. The maximum Gasteiger partial charge on any atom is 0.266 e. The van der Waals surface area contributed by atoms with E-state index in [-0.39, 0.29) is 15.2 Å². The number of para-hydroxylation sites is 1. The van der Waals surface area contributed by atoms with Gasteiger partial charge in [-0.1, -0.05) is 18.2 Å². The lowest BCUT2D eigenvalue weighted by atomic mass is 10.1. The quantitative estimate of drug-likeness (QED) is 0.693. The maximum absolute atomic E-state index is 12.8. The molecule has 0 aliphatic rings. The first-order valence-electron chi connectivity index (χ1n) is 6.67. The number of nitrogens with two attached hydrogens (primary N) is 1. The van der Waals surface area contributed by atoms with Gasteiger partial charge in [-0.2, -0.15) is 0 Å². The van der Waals surface area contributed by atoms with E-state index in [4.69, 9.17) is 17.4 Å². The van der Waals surface area contributed by atoms with Crippen LogP contribution in [0.5, 0.6) is 0 Å². The highest BCUT2D eigenvalue weighted by Gasteiger charge is 2.12. The van der Waals surface area contributed by atoms with Crippen molar-refractivity contribution in [2.75, 3.05) is 0 Å². The largest absolute Gasteiger partial charge is 0.331 e. The Morgan fingerprint density at radius 3 is 2.57 bits per heavy atom. The summed E-state index contributed by atoms with van der Waals surface area (Å²) in [7, 11) is -3.87. The van der Waals surface area contributed by atoms with Crippen LogP contribution < -0.4 is 10.7 Å². The molecule has 3 aromatic rings. The number of benzene rings is 2. The van der Waals surface area contributed by atoms with Gasteiger partial charge in [0.25, 0.3) is 5.56 Å². The molecule has 118 valence electrons. The number of nitrogens with zero attached hydrogens (tertiary/aromatic N) is 1. The standard InChI is InChI=1S/C15H13N3O3S2/c1-9-4-2-7-12-13(9)17-15(22)18(14(12)19)10-5-3-6-11(8-10)23(16,20)21/h2-8H,1H3,(H,17,22)(H2,16,20,21). The summed E-state index contributed by atoms with van der Waals surface area (Å²) < 4.78 is 24.4. The molecule has 1 aromatic heterocycles. The van der Waals surface area contributed by atoms with Crippen LogP contribution in [-0.4, -0.2) is 18.0 Å². The lowest BCUT2D eigenvalue weighted by molar-refractivity contribution is 0.597. The molecular weight excluding hydrogens is 334 g/mol. The number of nitrogens with one attached hydrogen (secondary N) is 1. The van der Waals surface area contributed by atoms with Gasteiger partial charge in [-0.05, 0) is 49.0 Å². The molecule has 3 rings (SSSR count). The molecule has 0 radical (unpaired) electrons. The van der Waals surface area contributed by atoms with Crippen molar-refractivity contribution < 1.29 is 8.42 Å². The van der Waals surface area contributed by atoms with Crippen molar-refractivity contribution in [3.8, 4) is 5.69 Å². The first-order chi connectivity index (χ1) is 10.8. The van der Waals surface area contributed by atoms with Crippen LogP contribution in [0.3, 0.4) is 0 Å². The number of aromatic nitrogens is 2. The van der Waals surface area contributed by atoms with Crippen LogP contribution in [0.2, 0.25) is 0 Å².